The standard InChI is InChI=1S/C45H30N2S/c1-45(2)36-17-9-6-14-29(36)30-21-20-28(24-37(30)45)47-39-23-22-33-32-16-8-11-19-42(32)48-44(33)43(39)35-25-34-31-15-7-10-18-38(31)46(40(34)26-41(35)47)27-12-4-3-5-13-27/h3-26H,1-2H3. The zero-order chi connectivity index (χ0) is 31.7. The SMILES string of the molecule is CC1(C)c2ccccc2-c2ccc(-n3c4cc5c(cc4c4c6sc7ccccc7c6ccc43)c3ccccc3n5-c3ccccc3)cc21. The molecule has 0 spiro atoms. The maximum Gasteiger partial charge on any atom is 0.0562 e. The lowest BCUT2D eigenvalue weighted by atomic mass is 9.82. The maximum absolute atomic E-state index is 2.53. The minimum Gasteiger partial charge on any atom is -0.309 e. The van der Waals surface area contributed by atoms with E-state index in [1.165, 1.54) is 97.4 Å². The predicted molar refractivity (Wildman–Crippen MR) is 206 cm³/mol. The lowest BCUT2D eigenvalue weighted by molar-refractivity contribution is 0.660. The Morgan fingerprint density at radius 1 is 0.438 bits per heavy atom. The molecule has 226 valence electrons. The molecule has 0 atom stereocenters. The van der Waals surface area contributed by atoms with Gasteiger partial charge in [0.05, 0.1) is 22.1 Å². The molecule has 0 amide bonds. The van der Waals surface area contributed by atoms with E-state index in [0.717, 1.165) is 0 Å². The quantitative estimate of drug-likeness (QED) is 0.180. The van der Waals surface area contributed by atoms with Gasteiger partial charge >= 0.3 is 0 Å². The Kier molecular flexibility index (Phi) is 5.09. The molecule has 3 aromatic heterocycles. The van der Waals surface area contributed by atoms with Gasteiger partial charge in [-0.3, -0.25) is 0 Å². The summed E-state index contributed by atoms with van der Waals surface area (Å²) in [6.45, 7) is 4.74. The van der Waals surface area contributed by atoms with Crippen LogP contribution in [0.3, 0.4) is 0 Å². The highest BCUT2D eigenvalue weighted by molar-refractivity contribution is 7.26. The largest absolute Gasteiger partial charge is 0.309 e. The van der Waals surface area contributed by atoms with Gasteiger partial charge in [0.1, 0.15) is 0 Å². The highest BCUT2D eigenvalue weighted by atomic mass is 32.1. The van der Waals surface area contributed by atoms with Crippen LogP contribution in [-0.2, 0) is 5.41 Å². The van der Waals surface area contributed by atoms with E-state index in [1.807, 2.05) is 11.3 Å². The summed E-state index contributed by atoms with van der Waals surface area (Å²) in [7, 11) is 0. The molecule has 0 radical (unpaired) electrons. The first-order valence-electron chi connectivity index (χ1n) is 16.7. The number of para-hydroxylation sites is 2. The Morgan fingerprint density at radius 2 is 1.15 bits per heavy atom. The molecule has 0 fully saturated rings. The van der Waals surface area contributed by atoms with Gasteiger partial charge in [-0.2, -0.15) is 0 Å². The summed E-state index contributed by atoms with van der Waals surface area (Å²) in [5, 5.41) is 7.86. The van der Waals surface area contributed by atoms with Crippen LogP contribution in [0.25, 0.3) is 86.3 Å². The van der Waals surface area contributed by atoms with Crippen molar-refractivity contribution < 1.29 is 0 Å². The molecule has 0 saturated heterocycles. The molecule has 0 aliphatic heterocycles. The van der Waals surface area contributed by atoms with E-state index in [-0.39, 0.29) is 5.41 Å². The van der Waals surface area contributed by atoms with E-state index in [9.17, 15) is 0 Å². The average molecular weight is 631 g/mol. The molecule has 48 heavy (non-hydrogen) atoms. The molecular formula is C45H30N2S. The van der Waals surface area contributed by atoms with E-state index in [1.54, 1.807) is 0 Å². The molecule has 2 nitrogen and oxygen atoms in total. The second-order valence-corrected chi connectivity index (χ2v) is 14.8. The van der Waals surface area contributed by atoms with E-state index in [2.05, 4.69) is 169 Å². The molecule has 3 heterocycles. The first-order valence-corrected chi connectivity index (χ1v) is 17.5. The van der Waals surface area contributed by atoms with Crippen molar-refractivity contribution in [1.82, 2.24) is 9.13 Å². The second-order valence-electron chi connectivity index (χ2n) is 13.7. The lowest BCUT2D eigenvalue weighted by Crippen LogP contribution is -2.15. The number of thiophene rings is 1. The van der Waals surface area contributed by atoms with Gasteiger partial charge in [-0.05, 0) is 76.9 Å². The highest BCUT2D eigenvalue weighted by Crippen LogP contribution is 2.50. The molecule has 0 unspecified atom stereocenters. The van der Waals surface area contributed by atoms with Crippen LogP contribution in [0.2, 0.25) is 0 Å². The first-order chi connectivity index (χ1) is 23.6. The minimum absolute atomic E-state index is 0.0769. The molecule has 0 bridgehead atoms. The van der Waals surface area contributed by atoms with Crippen LogP contribution < -0.4 is 0 Å². The van der Waals surface area contributed by atoms with Crippen molar-refractivity contribution in [1.29, 1.82) is 0 Å². The average Bonchev–Trinajstić information content (AvgIpc) is 3.83. The van der Waals surface area contributed by atoms with Crippen LogP contribution in [0.15, 0.2) is 146 Å². The monoisotopic (exact) mass is 630 g/mol. The summed E-state index contributed by atoms with van der Waals surface area (Å²) in [6, 6.07) is 54.2. The number of nitrogens with zero attached hydrogens (tertiary/aromatic N) is 2. The Morgan fingerprint density at radius 3 is 2.04 bits per heavy atom. The van der Waals surface area contributed by atoms with Gasteiger partial charge in [0.2, 0.25) is 0 Å². The van der Waals surface area contributed by atoms with Crippen molar-refractivity contribution >= 4 is 75.1 Å². The van der Waals surface area contributed by atoms with Crippen molar-refractivity contribution in [3.05, 3.63) is 157 Å². The van der Waals surface area contributed by atoms with Crippen molar-refractivity contribution in [3.63, 3.8) is 0 Å². The molecule has 1 aliphatic carbocycles. The van der Waals surface area contributed by atoms with Crippen molar-refractivity contribution in [2.24, 2.45) is 0 Å². The summed E-state index contributed by atoms with van der Waals surface area (Å²) >= 11 is 1.92. The molecule has 10 aromatic rings. The number of rotatable bonds is 2. The minimum atomic E-state index is -0.0769. The third-order valence-corrected chi connectivity index (χ3v) is 12.1. The third kappa shape index (κ3) is 3.31. The topological polar surface area (TPSA) is 9.86 Å². The Labute approximate surface area is 281 Å². The van der Waals surface area contributed by atoms with E-state index in [4.69, 9.17) is 0 Å². The molecule has 7 aromatic carbocycles. The van der Waals surface area contributed by atoms with Crippen LogP contribution in [-0.4, -0.2) is 9.13 Å². The van der Waals surface area contributed by atoms with Gasteiger partial charge in [0.25, 0.3) is 0 Å². The van der Waals surface area contributed by atoms with Gasteiger partial charge in [-0.15, -0.1) is 11.3 Å². The first kappa shape index (κ1) is 26.4. The van der Waals surface area contributed by atoms with Crippen LogP contribution in [0, 0.1) is 0 Å². The highest BCUT2D eigenvalue weighted by Gasteiger charge is 2.35. The Bertz CT molecular complexity index is 2970. The summed E-state index contributed by atoms with van der Waals surface area (Å²) in [5.41, 5.74) is 12.7. The Balaban J connectivity index is 1.31. The molecular weight excluding hydrogens is 601 g/mol. The van der Waals surface area contributed by atoms with E-state index < -0.39 is 0 Å². The molecule has 11 rings (SSSR count). The van der Waals surface area contributed by atoms with E-state index in [0.29, 0.717) is 0 Å². The smallest absolute Gasteiger partial charge is 0.0562 e. The zero-order valence-corrected chi connectivity index (χ0v) is 27.5. The molecule has 0 N–H and O–H groups in total. The van der Waals surface area contributed by atoms with Crippen molar-refractivity contribution in [3.8, 4) is 22.5 Å². The lowest BCUT2D eigenvalue weighted by Gasteiger charge is -2.22. The van der Waals surface area contributed by atoms with Gasteiger partial charge < -0.3 is 9.13 Å². The third-order valence-electron chi connectivity index (χ3n) is 10.9. The predicted octanol–water partition coefficient (Wildman–Crippen LogP) is 12.6. The van der Waals surface area contributed by atoms with Gasteiger partial charge in [0, 0.05) is 58.5 Å². The summed E-state index contributed by atoms with van der Waals surface area (Å²) in [5.74, 6) is 0. The number of fused-ring (bicyclic) bond motifs is 13. The van der Waals surface area contributed by atoms with Crippen LogP contribution >= 0.6 is 11.3 Å². The number of aromatic nitrogens is 2. The fourth-order valence-electron chi connectivity index (χ4n) is 8.71. The summed E-state index contributed by atoms with van der Waals surface area (Å²) in [4.78, 5) is 0. The summed E-state index contributed by atoms with van der Waals surface area (Å²) < 4.78 is 7.65. The number of hydrogen-bond donors (Lipinski definition) is 0. The van der Waals surface area contributed by atoms with Gasteiger partial charge in [-0.1, -0.05) is 105 Å². The number of hydrogen-bond acceptors (Lipinski definition) is 1. The summed E-state index contributed by atoms with van der Waals surface area (Å²) in [6.07, 6.45) is 0. The molecule has 0 saturated carbocycles. The molecule has 3 heteroatoms. The van der Waals surface area contributed by atoms with Gasteiger partial charge in [-0.25, -0.2) is 0 Å². The van der Waals surface area contributed by atoms with Crippen molar-refractivity contribution in [2.75, 3.05) is 0 Å². The van der Waals surface area contributed by atoms with Gasteiger partial charge in [0.15, 0.2) is 0 Å². The fourth-order valence-corrected chi connectivity index (χ4v) is 9.97. The van der Waals surface area contributed by atoms with E-state index >= 15 is 0 Å². The normalized spacial score (nSPS) is 13.8. The van der Waals surface area contributed by atoms with Crippen molar-refractivity contribution in [2.45, 2.75) is 19.3 Å². The fraction of sp³-hybridized carbons (Fsp3) is 0.0667. The Hall–Kier alpha value is -5.64. The van der Waals surface area contributed by atoms with Crippen LogP contribution in [0.1, 0.15) is 25.0 Å². The zero-order valence-electron chi connectivity index (χ0n) is 26.7. The van der Waals surface area contributed by atoms with Crippen LogP contribution in [0.5, 0.6) is 0 Å². The maximum atomic E-state index is 2.53. The molecule has 1 aliphatic rings. The number of benzene rings is 7. The van der Waals surface area contributed by atoms with Crippen LogP contribution in [0.4, 0.5) is 0 Å². The second kappa shape index (κ2) is 9.25.